The molecule has 2 aliphatic rings. The van der Waals surface area contributed by atoms with Gasteiger partial charge in [-0.1, -0.05) is 48.5 Å². The summed E-state index contributed by atoms with van der Waals surface area (Å²) in [4.78, 5) is 34.0. The van der Waals surface area contributed by atoms with Crippen LogP contribution < -0.4 is 0 Å². The van der Waals surface area contributed by atoms with E-state index in [1.165, 1.54) is 5.57 Å². The molecule has 0 spiro atoms. The maximum absolute atomic E-state index is 13.7. The van der Waals surface area contributed by atoms with Crippen molar-refractivity contribution in [2.45, 2.75) is 19.8 Å². The number of amides is 2. The minimum atomic E-state index is 0.0546. The summed E-state index contributed by atoms with van der Waals surface area (Å²) in [6.45, 7) is 3.89. The highest BCUT2D eigenvalue weighted by molar-refractivity contribution is 6.09. The predicted molar refractivity (Wildman–Crippen MR) is 123 cm³/mol. The summed E-state index contributed by atoms with van der Waals surface area (Å²) in [5.41, 5.74) is 5.98. The molecule has 5 nitrogen and oxygen atoms in total. The minimum absolute atomic E-state index is 0.0546. The van der Waals surface area contributed by atoms with Gasteiger partial charge in [-0.25, -0.2) is 4.98 Å². The summed E-state index contributed by atoms with van der Waals surface area (Å²) in [6, 6.07) is 18.2. The van der Waals surface area contributed by atoms with E-state index in [4.69, 9.17) is 4.98 Å². The van der Waals surface area contributed by atoms with Gasteiger partial charge in [-0.3, -0.25) is 9.59 Å². The first-order valence-electron chi connectivity index (χ1n) is 10.8. The fourth-order valence-electron chi connectivity index (χ4n) is 4.66. The first kappa shape index (κ1) is 19.5. The second-order valence-electron chi connectivity index (χ2n) is 8.21. The van der Waals surface area contributed by atoms with Crippen LogP contribution in [0.4, 0.5) is 0 Å². The number of benzene rings is 2. The van der Waals surface area contributed by atoms with Crippen LogP contribution in [0, 0.1) is 0 Å². The molecule has 1 aliphatic heterocycles. The van der Waals surface area contributed by atoms with Gasteiger partial charge >= 0.3 is 0 Å². The Bertz CT molecular complexity index is 1190. The number of nitrogens with zero attached hydrogens (tertiary/aromatic N) is 3. The van der Waals surface area contributed by atoms with Gasteiger partial charge in [0.1, 0.15) is 0 Å². The SMILES string of the molecule is CC(=O)N1CCN(C(=O)c2c3c(nc4ccccc24)/C(=C/c2ccccc2)CC3)CC1. The number of allylic oxidation sites excluding steroid dienone is 1. The average molecular weight is 412 g/mol. The van der Waals surface area contributed by atoms with Crippen LogP contribution in [0.3, 0.4) is 0 Å². The van der Waals surface area contributed by atoms with Crippen molar-refractivity contribution < 1.29 is 9.59 Å². The second-order valence-corrected chi connectivity index (χ2v) is 8.21. The number of piperazine rings is 1. The molecule has 0 atom stereocenters. The first-order chi connectivity index (χ1) is 15.1. The number of pyridine rings is 1. The lowest BCUT2D eigenvalue weighted by Gasteiger charge is -2.34. The van der Waals surface area contributed by atoms with Crippen molar-refractivity contribution in [1.29, 1.82) is 0 Å². The Kier molecular flexibility index (Phi) is 5.02. The molecule has 5 heteroatoms. The first-order valence-corrected chi connectivity index (χ1v) is 10.8. The van der Waals surface area contributed by atoms with Crippen molar-refractivity contribution in [2.75, 3.05) is 26.2 Å². The minimum Gasteiger partial charge on any atom is -0.339 e. The lowest BCUT2D eigenvalue weighted by Crippen LogP contribution is -2.50. The van der Waals surface area contributed by atoms with E-state index in [0.29, 0.717) is 26.2 Å². The lowest BCUT2D eigenvalue weighted by atomic mass is 9.99. The van der Waals surface area contributed by atoms with Crippen LogP contribution in [0.5, 0.6) is 0 Å². The summed E-state index contributed by atoms with van der Waals surface area (Å²) < 4.78 is 0. The summed E-state index contributed by atoms with van der Waals surface area (Å²) in [7, 11) is 0. The zero-order valence-corrected chi connectivity index (χ0v) is 17.7. The largest absolute Gasteiger partial charge is 0.339 e. The highest BCUT2D eigenvalue weighted by Crippen LogP contribution is 2.38. The van der Waals surface area contributed by atoms with Crippen molar-refractivity contribution in [3.8, 4) is 0 Å². The van der Waals surface area contributed by atoms with E-state index >= 15 is 0 Å². The number of carbonyl (C=O) groups is 2. The molecular weight excluding hydrogens is 386 g/mol. The summed E-state index contributed by atoms with van der Waals surface area (Å²) >= 11 is 0. The molecule has 31 heavy (non-hydrogen) atoms. The third kappa shape index (κ3) is 3.61. The van der Waals surface area contributed by atoms with Crippen LogP contribution in [0.25, 0.3) is 22.6 Å². The highest BCUT2D eigenvalue weighted by atomic mass is 16.2. The van der Waals surface area contributed by atoms with Gasteiger partial charge in [-0.05, 0) is 41.7 Å². The third-order valence-electron chi connectivity index (χ3n) is 6.31. The van der Waals surface area contributed by atoms with Crippen molar-refractivity contribution in [2.24, 2.45) is 0 Å². The van der Waals surface area contributed by atoms with E-state index in [-0.39, 0.29) is 11.8 Å². The normalized spacial score (nSPS) is 17.3. The fraction of sp³-hybridized carbons (Fsp3) is 0.269. The summed E-state index contributed by atoms with van der Waals surface area (Å²) in [5.74, 6) is 0.122. The van der Waals surface area contributed by atoms with Crippen LogP contribution in [0.1, 0.15) is 40.5 Å². The Labute approximate surface area is 182 Å². The van der Waals surface area contributed by atoms with E-state index in [9.17, 15) is 9.59 Å². The standard InChI is InChI=1S/C26H25N3O2/c1-18(30)28-13-15-29(16-14-28)26(31)24-21-9-5-6-10-23(21)27-25-20(11-12-22(24)25)17-19-7-3-2-4-8-19/h2-10,17H,11-16H2,1H3/b20-17+. The molecule has 1 fully saturated rings. The van der Waals surface area contributed by atoms with Crippen LogP contribution in [0.2, 0.25) is 0 Å². The molecule has 3 aromatic rings. The Morgan fingerprint density at radius 3 is 2.29 bits per heavy atom. The van der Waals surface area contributed by atoms with Gasteiger partial charge in [0.2, 0.25) is 5.91 Å². The molecule has 2 aromatic carbocycles. The van der Waals surface area contributed by atoms with Gasteiger partial charge < -0.3 is 9.80 Å². The Hall–Kier alpha value is -3.47. The van der Waals surface area contributed by atoms with Gasteiger partial charge in [0, 0.05) is 38.5 Å². The number of carbonyl (C=O) groups excluding carboxylic acids is 2. The highest BCUT2D eigenvalue weighted by Gasteiger charge is 2.30. The number of hydrogen-bond donors (Lipinski definition) is 0. The van der Waals surface area contributed by atoms with Crippen LogP contribution in [0.15, 0.2) is 54.6 Å². The number of rotatable bonds is 2. The van der Waals surface area contributed by atoms with Crippen LogP contribution >= 0.6 is 0 Å². The van der Waals surface area contributed by atoms with Crippen LogP contribution in [-0.4, -0.2) is 52.8 Å². The monoisotopic (exact) mass is 411 g/mol. The fourth-order valence-corrected chi connectivity index (χ4v) is 4.66. The number of hydrogen-bond acceptors (Lipinski definition) is 3. The van der Waals surface area contributed by atoms with Gasteiger partial charge in [0.25, 0.3) is 5.91 Å². The van der Waals surface area contributed by atoms with E-state index < -0.39 is 0 Å². The predicted octanol–water partition coefficient (Wildman–Crippen LogP) is 4.03. The molecular formula is C26H25N3O2. The quantitative estimate of drug-likeness (QED) is 0.640. The zero-order chi connectivity index (χ0) is 21.4. The molecule has 1 aliphatic carbocycles. The summed E-state index contributed by atoms with van der Waals surface area (Å²) in [5, 5.41) is 0.918. The van der Waals surface area contributed by atoms with Gasteiger partial charge in [0.15, 0.2) is 0 Å². The molecule has 0 N–H and O–H groups in total. The lowest BCUT2D eigenvalue weighted by molar-refractivity contribution is -0.130. The number of fused-ring (bicyclic) bond motifs is 2. The van der Waals surface area contributed by atoms with Gasteiger partial charge in [-0.15, -0.1) is 0 Å². The van der Waals surface area contributed by atoms with E-state index in [1.54, 1.807) is 11.8 Å². The van der Waals surface area contributed by atoms with E-state index in [0.717, 1.165) is 46.1 Å². The third-order valence-corrected chi connectivity index (χ3v) is 6.31. The molecule has 2 heterocycles. The molecule has 156 valence electrons. The van der Waals surface area contributed by atoms with Crippen molar-refractivity contribution >= 4 is 34.4 Å². The smallest absolute Gasteiger partial charge is 0.255 e. The van der Waals surface area contributed by atoms with Gasteiger partial charge in [0.05, 0.1) is 16.8 Å². The zero-order valence-electron chi connectivity index (χ0n) is 17.7. The Balaban J connectivity index is 1.57. The maximum Gasteiger partial charge on any atom is 0.255 e. The molecule has 2 amide bonds. The summed E-state index contributed by atoms with van der Waals surface area (Å²) in [6.07, 6.45) is 3.89. The molecule has 5 rings (SSSR count). The average Bonchev–Trinajstić information content (AvgIpc) is 3.19. The Morgan fingerprint density at radius 2 is 1.55 bits per heavy atom. The van der Waals surface area contributed by atoms with E-state index in [1.807, 2.05) is 47.4 Å². The van der Waals surface area contributed by atoms with Crippen molar-refractivity contribution in [3.63, 3.8) is 0 Å². The molecule has 1 saturated heterocycles. The molecule has 1 aromatic heterocycles. The maximum atomic E-state index is 13.7. The molecule has 0 saturated carbocycles. The molecule has 0 radical (unpaired) electrons. The number of aromatic nitrogens is 1. The van der Waals surface area contributed by atoms with Gasteiger partial charge in [-0.2, -0.15) is 0 Å². The number of para-hydroxylation sites is 1. The molecule has 0 unspecified atom stereocenters. The second kappa shape index (κ2) is 7.99. The van der Waals surface area contributed by atoms with Crippen LogP contribution in [-0.2, 0) is 11.2 Å². The molecule has 0 bridgehead atoms. The van der Waals surface area contributed by atoms with E-state index in [2.05, 4.69) is 18.2 Å². The van der Waals surface area contributed by atoms with Crippen molar-refractivity contribution in [3.05, 3.63) is 77.0 Å². The topological polar surface area (TPSA) is 53.5 Å². The Morgan fingerprint density at radius 1 is 0.871 bits per heavy atom. The van der Waals surface area contributed by atoms with Crippen molar-refractivity contribution in [1.82, 2.24) is 14.8 Å².